The molecule has 0 bridgehead atoms. The molecule has 0 radical (unpaired) electrons. The zero-order valence-corrected chi connectivity index (χ0v) is 17.6. The molecule has 0 unspecified atom stereocenters. The van der Waals surface area contributed by atoms with Crippen LogP contribution in [0.3, 0.4) is 0 Å². The molecule has 0 fully saturated rings. The minimum absolute atomic E-state index is 0.00225. The van der Waals surface area contributed by atoms with E-state index in [4.69, 9.17) is 5.73 Å². The number of aromatic nitrogens is 6. The van der Waals surface area contributed by atoms with Crippen molar-refractivity contribution < 1.29 is 31.1 Å². The first-order chi connectivity index (χ1) is 16.4. The monoisotopic (exact) mass is 496 g/mol. The number of rotatable bonds is 5. The lowest BCUT2D eigenvalue weighted by molar-refractivity contribution is -0.142. The van der Waals surface area contributed by atoms with Gasteiger partial charge in [0.2, 0.25) is 5.91 Å². The summed E-state index contributed by atoms with van der Waals surface area (Å²) in [6.07, 6.45) is -6.70. The summed E-state index contributed by atoms with van der Waals surface area (Å²) >= 11 is 0. The number of pyridine rings is 1. The minimum atomic E-state index is -5.10. The van der Waals surface area contributed by atoms with Gasteiger partial charge in [0, 0.05) is 11.6 Å². The number of fused-ring (bicyclic) bond motifs is 1. The lowest BCUT2D eigenvalue weighted by Gasteiger charge is -2.19. The highest BCUT2D eigenvalue weighted by molar-refractivity contribution is 5.93. The number of halogens is 6. The summed E-state index contributed by atoms with van der Waals surface area (Å²) in [5.74, 6) is -0.226. The molecule has 9 nitrogen and oxygen atoms in total. The molecule has 1 atom stereocenters. The molecule has 0 aliphatic heterocycles. The van der Waals surface area contributed by atoms with E-state index in [1.807, 2.05) is 0 Å². The number of alkyl halides is 6. The van der Waals surface area contributed by atoms with E-state index >= 15 is 0 Å². The maximum absolute atomic E-state index is 13.5. The van der Waals surface area contributed by atoms with Gasteiger partial charge in [-0.2, -0.15) is 41.2 Å². The van der Waals surface area contributed by atoms with E-state index in [-0.39, 0.29) is 29.0 Å². The van der Waals surface area contributed by atoms with Crippen molar-refractivity contribution >= 4 is 22.5 Å². The average molecular weight is 496 g/mol. The standard InChI is InChI=1S/C20H14F6N8O/c1-9(18-29-8-31-34(18)15-3-2-10(6-28-15)17(27)35)32-14-7-30-33-16-12(14)4-11(19(21,22)23)5-13(16)20(24,25)26/h2-9H,1H3,(H2,27,35)(H,32,33)/t9-/m1/s1. The molecule has 1 aromatic carbocycles. The van der Waals surface area contributed by atoms with Crippen LogP contribution in [0.25, 0.3) is 16.7 Å². The zero-order valence-electron chi connectivity index (χ0n) is 17.6. The Balaban J connectivity index is 1.76. The van der Waals surface area contributed by atoms with Crippen LogP contribution < -0.4 is 11.1 Å². The Labute approximate surface area is 192 Å². The van der Waals surface area contributed by atoms with Gasteiger partial charge < -0.3 is 11.1 Å². The smallest absolute Gasteiger partial charge is 0.373 e. The SMILES string of the molecule is C[C@@H](Nc1cnnc2c(C(F)(F)F)cc(C(F)(F)F)cc12)c1ncnn1-c1ccc(C(N)=O)cn1. The maximum Gasteiger partial charge on any atom is 0.418 e. The molecular formula is C20H14F6N8O. The summed E-state index contributed by atoms with van der Waals surface area (Å²) in [6.45, 7) is 1.56. The van der Waals surface area contributed by atoms with Gasteiger partial charge in [-0.15, -0.1) is 5.10 Å². The van der Waals surface area contributed by atoms with Gasteiger partial charge in [-0.05, 0) is 31.2 Å². The summed E-state index contributed by atoms with van der Waals surface area (Å²) in [4.78, 5) is 19.4. The molecule has 0 saturated carbocycles. The van der Waals surface area contributed by atoms with Crippen LogP contribution in [0.2, 0.25) is 0 Å². The van der Waals surface area contributed by atoms with Gasteiger partial charge in [-0.1, -0.05) is 0 Å². The number of nitrogens with two attached hydrogens (primary N) is 1. The number of nitrogens with one attached hydrogen (secondary N) is 1. The van der Waals surface area contributed by atoms with E-state index in [1.54, 1.807) is 6.92 Å². The van der Waals surface area contributed by atoms with E-state index in [9.17, 15) is 31.1 Å². The Morgan fingerprint density at radius 1 is 1.06 bits per heavy atom. The Morgan fingerprint density at radius 3 is 2.40 bits per heavy atom. The number of anilines is 1. The van der Waals surface area contributed by atoms with Crippen molar-refractivity contribution in [2.75, 3.05) is 5.32 Å². The van der Waals surface area contributed by atoms with Gasteiger partial charge >= 0.3 is 12.4 Å². The molecule has 0 spiro atoms. The van der Waals surface area contributed by atoms with Crippen molar-refractivity contribution in [2.24, 2.45) is 5.73 Å². The number of carbonyl (C=O) groups excluding carboxylic acids is 1. The average Bonchev–Trinajstić information content (AvgIpc) is 3.27. The van der Waals surface area contributed by atoms with Gasteiger partial charge in [-0.3, -0.25) is 4.79 Å². The lowest BCUT2D eigenvalue weighted by Crippen LogP contribution is -2.17. The summed E-state index contributed by atoms with van der Waals surface area (Å²) in [5, 5.41) is 13.4. The molecule has 3 heterocycles. The van der Waals surface area contributed by atoms with Gasteiger partial charge in [0.15, 0.2) is 11.6 Å². The Bertz CT molecular complexity index is 1400. The molecule has 15 heteroatoms. The van der Waals surface area contributed by atoms with Crippen LogP contribution in [0, 0.1) is 0 Å². The second-order valence-corrected chi connectivity index (χ2v) is 7.34. The molecule has 182 valence electrons. The molecule has 1 amide bonds. The maximum atomic E-state index is 13.5. The number of amides is 1. The van der Waals surface area contributed by atoms with Crippen LogP contribution in [-0.2, 0) is 12.4 Å². The number of carbonyl (C=O) groups is 1. The van der Waals surface area contributed by atoms with E-state index in [0.29, 0.717) is 6.07 Å². The van der Waals surface area contributed by atoms with Gasteiger partial charge in [0.05, 0.1) is 34.6 Å². The largest absolute Gasteiger partial charge is 0.418 e. The summed E-state index contributed by atoms with van der Waals surface area (Å²) < 4.78 is 81.8. The molecule has 4 aromatic rings. The Hall–Kier alpha value is -4.30. The van der Waals surface area contributed by atoms with E-state index in [0.717, 1.165) is 6.20 Å². The Morgan fingerprint density at radius 2 is 1.80 bits per heavy atom. The number of nitrogens with zero attached hydrogens (tertiary/aromatic N) is 6. The molecule has 0 aliphatic carbocycles. The fraction of sp³-hybridized carbons (Fsp3) is 0.200. The molecule has 35 heavy (non-hydrogen) atoms. The summed E-state index contributed by atoms with van der Waals surface area (Å²) in [5.41, 5.74) is 1.42. The van der Waals surface area contributed by atoms with Crippen molar-refractivity contribution in [3.63, 3.8) is 0 Å². The second kappa shape index (κ2) is 8.48. The van der Waals surface area contributed by atoms with Crippen molar-refractivity contribution in [1.82, 2.24) is 29.9 Å². The first kappa shape index (κ1) is 23.8. The molecular weight excluding hydrogens is 482 g/mol. The highest BCUT2D eigenvalue weighted by Crippen LogP contribution is 2.41. The molecule has 4 rings (SSSR count). The van der Waals surface area contributed by atoms with Crippen molar-refractivity contribution in [1.29, 1.82) is 0 Å². The predicted octanol–water partition coefficient (Wildman–Crippen LogP) is 3.92. The van der Waals surface area contributed by atoms with Crippen molar-refractivity contribution in [2.45, 2.75) is 25.3 Å². The molecule has 0 aliphatic rings. The van der Waals surface area contributed by atoms with Gasteiger partial charge in [-0.25, -0.2) is 9.97 Å². The number of primary amides is 1. The number of hydrogen-bond donors (Lipinski definition) is 2. The topological polar surface area (TPSA) is 125 Å². The molecule has 0 saturated heterocycles. The molecule has 3 aromatic heterocycles. The van der Waals surface area contributed by atoms with Crippen LogP contribution in [-0.4, -0.2) is 35.9 Å². The second-order valence-electron chi connectivity index (χ2n) is 7.34. The van der Waals surface area contributed by atoms with E-state index in [2.05, 4.69) is 30.6 Å². The number of hydrogen-bond acceptors (Lipinski definition) is 7. The van der Waals surface area contributed by atoms with Gasteiger partial charge in [0.25, 0.3) is 0 Å². The third-order valence-corrected chi connectivity index (χ3v) is 4.96. The van der Waals surface area contributed by atoms with Gasteiger partial charge in [0.1, 0.15) is 11.8 Å². The van der Waals surface area contributed by atoms with Crippen molar-refractivity contribution in [3.05, 3.63) is 65.5 Å². The normalized spacial score (nSPS) is 13.1. The zero-order chi connectivity index (χ0) is 25.5. The third kappa shape index (κ3) is 4.69. The highest BCUT2D eigenvalue weighted by atomic mass is 19.4. The fourth-order valence-corrected chi connectivity index (χ4v) is 3.33. The minimum Gasteiger partial charge on any atom is -0.373 e. The Kier molecular flexibility index (Phi) is 5.78. The first-order valence-electron chi connectivity index (χ1n) is 9.72. The fourth-order valence-electron chi connectivity index (χ4n) is 3.33. The van der Waals surface area contributed by atoms with Crippen LogP contribution in [0.15, 0.2) is 43.0 Å². The summed E-state index contributed by atoms with van der Waals surface area (Å²) in [7, 11) is 0. The quantitative estimate of drug-likeness (QED) is 0.402. The van der Waals surface area contributed by atoms with Crippen LogP contribution >= 0.6 is 0 Å². The van der Waals surface area contributed by atoms with Crippen LogP contribution in [0.4, 0.5) is 32.0 Å². The van der Waals surface area contributed by atoms with Crippen LogP contribution in [0.5, 0.6) is 0 Å². The lowest BCUT2D eigenvalue weighted by atomic mass is 10.0. The molecule has 3 N–H and O–H groups in total. The first-order valence-corrected chi connectivity index (χ1v) is 9.72. The van der Waals surface area contributed by atoms with Crippen LogP contribution in [0.1, 0.15) is 40.3 Å². The third-order valence-electron chi connectivity index (χ3n) is 4.96. The van der Waals surface area contributed by atoms with E-state index < -0.39 is 46.3 Å². The highest BCUT2D eigenvalue weighted by Gasteiger charge is 2.39. The number of benzene rings is 1. The predicted molar refractivity (Wildman–Crippen MR) is 109 cm³/mol. The van der Waals surface area contributed by atoms with Crippen molar-refractivity contribution in [3.8, 4) is 5.82 Å². The summed E-state index contributed by atoms with van der Waals surface area (Å²) in [6, 6.07) is 2.64. The van der Waals surface area contributed by atoms with E-state index in [1.165, 1.54) is 29.3 Å².